The van der Waals surface area contributed by atoms with Crippen LogP contribution in [0.3, 0.4) is 0 Å². The lowest BCUT2D eigenvalue weighted by Crippen LogP contribution is -2.49. The van der Waals surface area contributed by atoms with Crippen LogP contribution in [0.1, 0.15) is 39.2 Å². The van der Waals surface area contributed by atoms with Crippen LogP contribution in [0.15, 0.2) is 35.3 Å². The molecule has 0 aromatic heterocycles. The van der Waals surface area contributed by atoms with Gasteiger partial charge in [-0.2, -0.15) is 0 Å². The zero-order valence-corrected chi connectivity index (χ0v) is 21.4. The molecule has 1 saturated heterocycles. The number of amides is 1. The van der Waals surface area contributed by atoms with Gasteiger partial charge in [-0.1, -0.05) is 51.1 Å². The Hall–Kier alpha value is -1.35. The van der Waals surface area contributed by atoms with Crippen molar-refractivity contribution in [2.24, 2.45) is 16.3 Å². The maximum atomic E-state index is 12.6. The highest BCUT2D eigenvalue weighted by Crippen LogP contribution is 2.22. The first-order valence-corrected chi connectivity index (χ1v) is 10.6. The van der Waals surface area contributed by atoms with E-state index < -0.39 is 0 Å². The number of piperidine rings is 1. The van der Waals surface area contributed by atoms with Crippen LogP contribution in [-0.2, 0) is 16.0 Å². The van der Waals surface area contributed by atoms with E-state index in [1.165, 1.54) is 5.56 Å². The predicted octanol–water partition coefficient (Wildman–Crippen LogP) is 3.31. The molecular weight excluding hydrogens is 491 g/mol. The third-order valence-corrected chi connectivity index (χ3v) is 5.67. The number of rotatable bonds is 7. The van der Waals surface area contributed by atoms with Gasteiger partial charge in [-0.25, -0.2) is 0 Å². The van der Waals surface area contributed by atoms with Gasteiger partial charge in [0, 0.05) is 33.8 Å². The predicted molar refractivity (Wildman–Crippen MR) is 134 cm³/mol. The van der Waals surface area contributed by atoms with Crippen LogP contribution in [0.2, 0.25) is 0 Å². The summed E-state index contributed by atoms with van der Waals surface area (Å²) in [5, 5.41) is 6.40. The Bertz CT molecular complexity index is 653. The number of hydrogen-bond acceptors (Lipinski definition) is 3. The molecule has 2 rings (SSSR count). The number of carbonyl (C=O) groups excluding carboxylic acids is 1. The number of guanidine groups is 1. The van der Waals surface area contributed by atoms with Crippen LogP contribution in [0.5, 0.6) is 0 Å². The van der Waals surface area contributed by atoms with Crippen LogP contribution in [-0.4, -0.2) is 63.2 Å². The zero-order chi connectivity index (χ0) is 21.3. The van der Waals surface area contributed by atoms with Gasteiger partial charge in [0.1, 0.15) is 0 Å². The molecule has 0 bridgehead atoms. The second-order valence-corrected chi connectivity index (χ2v) is 8.91. The Morgan fingerprint density at radius 3 is 2.37 bits per heavy atom. The first kappa shape index (κ1) is 26.7. The van der Waals surface area contributed by atoms with E-state index in [1.807, 2.05) is 4.90 Å². The summed E-state index contributed by atoms with van der Waals surface area (Å²) in [4.78, 5) is 18.8. The van der Waals surface area contributed by atoms with E-state index >= 15 is 0 Å². The van der Waals surface area contributed by atoms with Crippen molar-refractivity contribution in [3.63, 3.8) is 0 Å². The number of halogens is 1. The molecule has 1 aromatic carbocycles. The summed E-state index contributed by atoms with van der Waals surface area (Å²) in [6, 6.07) is 10.6. The molecule has 1 aliphatic heterocycles. The van der Waals surface area contributed by atoms with E-state index in [0.717, 1.165) is 32.4 Å². The van der Waals surface area contributed by atoms with Gasteiger partial charge in [-0.05, 0) is 36.2 Å². The highest BCUT2D eigenvalue weighted by Gasteiger charge is 2.25. The summed E-state index contributed by atoms with van der Waals surface area (Å²) in [6.07, 6.45) is 3.29. The van der Waals surface area contributed by atoms with Gasteiger partial charge >= 0.3 is 0 Å². The van der Waals surface area contributed by atoms with Crippen LogP contribution in [0.25, 0.3) is 0 Å². The fourth-order valence-corrected chi connectivity index (χ4v) is 3.76. The van der Waals surface area contributed by atoms with Gasteiger partial charge < -0.3 is 20.3 Å². The van der Waals surface area contributed by atoms with Gasteiger partial charge in [0.2, 0.25) is 5.91 Å². The first-order chi connectivity index (χ1) is 13.8. The quantitative estimate of drug-likeness (QED) is 0.323. The highest BCUT2D eigenvalue weighted by molar-refractivity contribution is 14.0. The lowest BCUT2D eigenvalue weighted by atomic mass is 9.89. The summed E-state index contributed by atoms with van der Waals surface area (Å²) in [5.41, 5.74) is 1.42. The summed E-state index contributed by atoms with van der Waals surface area (Å²) in [5.74, 6) is 1.42. The number of methoxy groups -OCH3 is 1. The SMILES string of the molecule is CN=C(NCC(=O)N1CCC(Cc2ccccc2)CC1)NCC(OC)C(C)(C)C.I. The number of carbonyl (C=O) groups is 1. The van der Waals surface area contributed by atoms with Gasteiger partial charge in [0.05, 0.1) is 12.6 Å². The largest absolute Gasteiger partial charge is 0.379 e. The van der Waals surface area contributed by atoms with E-state index in [2.05, 4.69) is 66.7 Å². The molecule has 0 spiro atoms. The second kappa shape index (κ2) is 13.1. The summed E-state index contributed by atoms with van der Waals surface area (Å²) < 4.78 is 5.56. The molecule has 0 saturated carbocycles. The molecule has 1 fully saturated rings. The average molecular weight is 530 g/mol. The van der Waals surface area contributed by atoms with Crippen molar-refractivity contribution in [3.05, 3.63) is 35.9 Å². The maximum Gasteiger partial charge on any atom is 0.241 e. The van der Waals surface area contributed by atoms with E-state index in [1.54, 1.807) is 14.2 Å². The zero-order valence-electron chi connectivity index (χ0n) is 19.1. The molecule has 7 heteroatoms. The van der Waals surface area contributed by atoms with Crippen molar-refractivity contribution in [1.82, 2.24) is 15.5 Å². The van der Waals surface area contributed by atoms with Crippen molar-refractivity contribution in [3.8, 4) is 0 Å². The topological polar surface area (TPSA) is 66.0 Å². The normalized spacial score (nSPS) is 16.6. The molecule has 2 N–H and O–H groups in total. The van der Waals surface area contributed by atoms with Gasteiger partial charge in [-0.15, -0.1) is 24.0 Å². The van der Waals surface area contributed by atoms with E-state index in [4.69, 9.17) is 4.74 Å². The Kier molecular flexibility index (Phi) is 11.7. The minimum atomic E-state index is 0. The number of benzene rings is 1. The molecule has 170 valence electrons. The first-order valence-electron chi connectivity index (χ1n) is 10.6. The number of aliphatic imine (C=N–C) groups is 1. The Morgan fingerprint density at radius 1 is 1.20 bits per heavy atom. The second-order valence-electron chi connectivity index (χ2n) is 8.91. The number of nitrogens with one attached hydrogen (secondary N) is 2. The standard InChI is InChI=1S/C23H38N4O2.HI/c1-23(2,3)20(29-5)16-25-22(24-4)26-17-21(28)27-13-11-19(12-14-27)15-18-9-7-6-8-10-18;/h6-10,19-20H,11-17H2,1-5H3,(H2,24,25,26);1H. The van der Waals surface area contributed by atoms with Crippen molar-refractivity contribution >= 4 is 35.8 Å². The molecule has 1 amide bonds. The van der Waals surface area contributed by atoms with Crippen molar-refractivity contribution < 1.29 is 9.53 Å². The monoisotopic (exact) mass is 530 g/mol. The molecule has 6 nitrogen and oxygen atoms in total. The summed E-state index contributed by atoms with van der Waals surface area (Å²) in [6.45, 7) is 8.99. The lowest BCUT2D eigenvalue weighted by molar-refractivity contribution is -0.131. The number of hydrogen-bond donors (Lipinski definition) is 2. The molecule has 1 heterocycles. The molecular formula is C23H39IN4O2. The van der Waals surface area contributed by atoms with E-state index in [-0.39, 0.29) is 47.9 Å². The molecule has 30 heavy (non-hydrogen) atoms. The number of nitrogens with zero attached hydrogens (tertiary/aromatic N) is 2. The minimum absolute atomic E-state index is 0. The third kappa shape index (κ3) is 8.79. The smallest absolute Gasteiger partial charge is 0.241 e. The highest BCUT2D eigenvalue weighted by atomic mass is 127. The number of likely N-dealkylation sites (tertiary alicyclic amines) is 1. The van der Waals surface area contributed by atoms with Crippen LogP contribution < -0.4 is 10.6 Å². The molecule has 0 aliphatic carbocycles. The summed E-state index contributed by atoms with van der Waals surface area (Å²) >= 11 is 0. The fourth-order valence-electron chi connectivity index (χ4n) is 3.76. The minimum Gasteiger partial charge on any atom is -0.379 e. The van der Waals surface area contributed by atoms with E-state index in [9.17, 15) is 4.79 Å². The molecule has 0 radical (unpaired) electrons. The Labute approximate surface area is 199 Å². The Morgan fingerprint density at radius 2 is 1.83 bits per heavy atom. The van der Waals surface area contributed by atoms with Crippen molar-refractivity contribution in [2.45, 2.75) is 46.1 Å². The van der Waals surface area contributed by atoms with Gasteiger partial charge in [0.15, 0.2) is 5.96 Å². The molecule has 1 atom stereocenters. The molecule has 1 unspecified atom stereocenters. The molecule has 1 aliphatic rings. The van der Waals surface area contributed by atoms with Crippen molar-refractivity contribution in [2.75, 3.05) is 40.3 Å². The Balaban J connectivity index is 0.00000450. The lowest BCUT2D eigenvalue weighted by Gasteiger charge is -2.32. The fraction of sp³-hybridized carbons (Fsp3) is 0.652. The van der Waals surface area contributed by atoms with Gasteiger partial charge in [-0.3, -0.25) is 9.79 Å². The maximum absolute atomic E-state index is 12.6. The number of ether oxygens (including phenoxy) is 1. The summed E-state index contributed by atoms with van der Waals surface area (Å²) in [7, 11) is 3.44. The average Bonchev–Trinajstić information content (AvgIpc) is 2.71. The molecule has 1 aromatic rings. The third-order valence-electron chi connectivity index (χ3n) is 5.67. The van der Waals surface area contributed by atoms with Crippen molar-refractivity contribution in [1.29, 1.82) is 0 Å². The van der Waals surface area contributed by atoms with E-state index in [0.29, 0.717) is 18.4 Å². The van der Waals surface area contributed by atoms with Crippen LogP contribution in [0.4, 0.5) is 0 Å². The van der Waals surface area contributed by atoms with Crippen LogP contribution >= 0.6 is 24.0 Å². The van der Waals surface area contributed by atoms with Gasteiger partial charge in [0.25, 0.3) is 0 Å². The van der Waals surface area contributed by atoms with Crippen LogP contribution in [0, 0.1) is 11.3 Å².